The van der Waals surface area contributed by atoms with Crippen molar-refractivity contribution < 1.29 is 9.53 Å². The summed E-state index contributed by atoms with van der Waals surface area (Å²) in [6.07, 6.45) is 2.96. The Kier molecular flexibility index (Phi) is 7.16. The van der Waals surface area contributed by atoms with Crippen LogP contribution in [-0.4, -0.2) is 64.7 Å². The zero-order valence-corrected chi connectivity index (χ0v) is 20.1. The molecule has 0 radical (unpaired) electrons. The van der Waals surface area contributed by atoms with Crippen molar-refractivity contribution in [1.29, 1.82) is 5.26 Å². The summed E-state index contributed by atoms with van der Waals surface area (Å²) in [4.78, 5) is 37.5. The number of carbonyl (C=O) groups is 1. The van der Waals surface area contributed by atoms with E-state index < -0.39 is 11.3 Å². The van der Waals surface area contributed by atoms with Gasteiger partial charge in [-0.2, -0.15) is 10.2 Å². The van der Waals surface area contributed by atoms with Crippen molar-refractivity contribution in [2.24, 2.45) is 0 Å². The van der Waals surface area contributed by atoms with Gasteiger partial charge in [0.05, 0.1) is 30.2 Å². The van der Waals surface area contributed by atoms with E-state index in [0.29, 0.717) is 43.2 Å². The van der Waals surface area contributed by atoms with Crippen molar-refractivity contribution in [3.63, 3.8) is 0 Å². The summed E-state index contributed by atoms with van der Waals surface area (Å²) in [5, 5.41) is 15.2. The Morgan fingerprint density at radius 2 is 1.84 bits per heavy atom. The fraction of sp³-hybridized carbons (Fsp3) is 0.222. The lowest BCUT2D eigenvalue weighted by molar-refractivity contribution is 0.0383. The van der Waals surface area contributed by atoms with Gasteiger partial charge >= 0.3 is 0 Å². The number of nitrogens with one attached hydrogen (secondary N) is 2. The first-order chi connectivity index (χ1) is 18.1. The summed E-state index contributed by atoms with van der Waals surface area (Å²) in [5.74, 6) is -0.159. The van der Waals surface area contributed by atoms with E-state index in [0.717, 1.165) is 18.8 Å². The second-order valence-corrected chi connectivity index (χ2v) is 8.53. The van der Waals surface area contributed by atoms with Gasteiger partial charge in [-0.25, -0.2) is 4.98 Å². The van der Waals surface area contributed by atoms with Crippen molar-refractivity contribution in [3.8, 4) is 11.8 Å². The molecule has 1 amide bonds. The van der Waals surface area contributed by atoms with E-state index in [1.165, 1.54) is 12.4 Å². The lowest BCUT2D eigenvalue weighted by atomic mass is 10.2. The molecule has 2 N–H and O–H groups in total. The van der Waals surface area contributed by atoms with Crippen LogP contribution in [0.5, 0.6) is 0 Å². The quantitative estimate of drug-likeness (QED) is 0.401. The summed E-state index contributed by atoms with van der Waals surface area (Å²) < 4.78 is 7.08. The number of rotatable bonds is 7. The van der Waals surface area contributed by atoms with Crippen molar-refractivity contribution in [1.82, 2.24) is 24.8 Å². The number of morpholine rings is 1. The van der Waals surface area contributed by atoms with E-state index in [4.69, 9.17) is 10.00 Å². The minimum Gasteiger partial charge on any atom is -0.379 e. The maximum atomic E-state index is 13.3. The fourth-order valence-electron chi connectivity index (χ4n) is 4.12. The number of fused-ring (bicyclic) bond motifs is 1. The van der Waals surface area contributed by atoms with Crippen LogP contribution in [0.3, 0.4) is 0 Å². The zero-order valence-electron chi connectivity index (χ0n) is 20.1. The number of amides is 1. The number of benzene rings is 2. The molecule has 37 heavy (non-hydrogen) atoms. The minimum atomic E-state index is -0.440. The smallest absolute Gasteiger partial charge is 0.256 e. The molecule has 0 aliphatic carbocycles. The summed E-state index contributed by atoms with van der Waals surface area (Å²) in [6, 6.07) is 18.3. The molecule has 0 unspecified atom stereocenters. The Hall–Kier alpha value is -4.59. The first-order valence-corrected chi connectivity index (χ1v) is 12.0. The lowest BCUT2D eigenvalue weighted by Gasteiger charge is -2.26. The van der Waals surface area contributed by atoms with Crippen LogP contribution in [0, 0.1) is 11.3 Å². The van der Waals surface area contributed by atoms with Crippen LogP contribution in [0.4, 0.5) is 11.6 Å². The van der Waals surface area contributed by atoms with E-state index >= 15 is 0 Å². The Balaban J connectivity index is 1.47. The summed E-state index contributed by atoms with van der Waals surface area (Å²) in [6.45, 7) is 4.12. The molecule has 1 fully saturated rings. The number of nitrogens with zero attached hydrogens (tertiary/aromatic N) is 5. The number of nitriles is 1. The molecule has 0 atom stereocenters. The Morgan fingerprint density at radius 1 is 1.08 bits per heavy atom. The van der Waals surface area contributed by atoms with Crippen molar-refractivity contribution >= 4 is 28.6 Å². The number of hydrogen-bond acceptors (Lipinski definition) is 8. The van der Waals surface area contributed by atoms with Crippen LogP contribution >= 0.6 is 0 Å². The number of ether oxygens (including phenoxy) is 1. The first-order valence-electron chi connectivity index (χ1n) is 12.0. The van der Waals surface area contributed by atoms with Gasteiger partial charge in [0.15, 0.2) is 5.65 Å². The van der Waals surface area contributed by atoms with Gasteiger partial charge in [0, 0.05) is 49.9 Å². The standard InChI is InChI=1S/C27H25N7O3/c28-16-19-6-8-20(9-7-19)31-27-30-17-22-24(35)23(26(36)29-10-11-33-12-14-37-15-13-33)18-34(25(22)32-27)21-4-2-1-3-5-21/h1-9,17-18H,10-15H2,(H,29,36)(H,30,31,32). The van der Waals surface area contributed by atoms with Crippen LogP contribution in [0.25, 0.3) is 16.7 Å². The number of para-hydroxylation sites is 1. The Bertz CT molecular complexity index is 1510. The molecular formula is C27H25N7O3. The van der Waals surface area contributed by atoms with Crippen LogP contribution in [0.1, 0.15) is 15.9 Å². The second kappa shape index (κ2) is 11.0. The van der Waals surface area contributed by atoms with Crippen molar-refractivity contribution in [2.75, 3.05) is 44.7 Å². The fourth-order valence-corrected chi connectivity index (χ4v) is 4.12. The number of pyridine rings is 1. The van der Waals surface area contributed by atoms with Gasteiger partial charge in [-0.3, -0.25) is 14.5 Å². The average molecular weight is 496 g/mol. The molecule has 1 aliphatic heterocycles. The molecule has 0 saturated carbocycles. The molecule has 0 spiro atoms. The minimum absolute atomic E-state index is 0.0229. The third-order valence-electron chi connectivity index (χ3n) is 6.11. The van der Waals surface area contributed by atoms with Gasteiger partial charge in [0.2, 0.25) is 11.4 Å². The molecule has 10 heteroatoms. The predicted octanol–water partition coefficient (Wildman–Crippen LogP) is 2.46. The van der Waals surface area contributed by atoms with Gasteiger partial charge in [-0.05, 0) is 36.4 Å². The molecule has 2 aromatic heterocycles. The van der Waals surface area contributed by atoms with Crippen molar-refractivity contribution in [2.45, 2.75) is 0 Å². The molecule has 1 saturated heterocycles. The van der Waals surface area contributed by atoms with Gasteiger partial charge in [-0.15, -0.1) is 0 Å². The number of carbonyl (C=O) groups excluding carboxylic acids is 1. The molecule has 1 aliphatic rings. The zero-order chi connectivity index (χ0) is 25.6. The maximum absolute atomic E-state index is 13.3. The van der Waals surface area contributed by atoms with E-state index in [9.17, 15) is 9.59 Å². The van der Waals surface area contributed by atoms with Crippen LogP contribution in [-0.2, 0) is 4.74 Å². The third kappa shape index (κ3) is 5.48. The molecule has 3 heterocycles. The van der Waals surface area contributed by atoms with Crippen LogP contribution < -0.4 is 16.1 Å². The maximum Gasteiger partial charge on any atom is 0.256 e. The Labute approximate surface area is 213 Å². The molecule has 4 aromatic rings. The van der Waals surface area contributed by atoms with Crippen molar-refractivity contribution in [3.05, 3.63) is 88.3 Å². The van der Waals surface area contributed by atoms with Gasteiger partial charge in [0.25, 0.3) is 5.91 Å². The summed E-state index contributed by atoms with van der Waals surface area (Å²) >= 11 is 0. The molecule has 10 nitrogen and oxygen atoms in total. The van der Waals surface area contributed by atoms with Gasteiger partial charge in [-0.1, -0.05) is 18.2 Å². The first kappa shape index (κ1) is 24.1. The Morgan fingerprint density at radius 3 is 2.57 bits per heavy atom. The van der Waals surface area contributed by atoms with E-state index in [1.807, 2.05) is 30.3 Å². The van der Waals surface area contributed by atoms with Crippen LogP contribution in [0.15, 0.2) is 71.8 Å². The summed E-state index contributed by atoms with van der Waals surface area (Å²) in [5.41, 5.74) is 1.94. The highest BCUT2D eigenvalue weighted by Crippen LogP contribution is 2.19. The predicted molar refractivity (Wildman–Crippen MR) is 139 cm³/mol. The topological polar surface area (TPSA) is 125 Å². The highest BCUT2D eigenvalue weighted by Gasteiger charge is 2.19. The normalized spacial score (nSPS) is 13.7. The molecule has 186 valence electrons. The monoisotopic (exact) mass is 495 g/mol. The average Bonchev–Trinajstić information content (AvgIpc) is 2.94. The second-order valence-electron chi connectivity index (χ2n) is 8.53. The van der Waals surface area contributed by atoms with E-state index in [1.54, 1.807) is 28.8 Å². The van der Waals surface area contributed by atoms with E-state index in [-0.39, 0.29) is 16.9 Å². The highest BCUT2D eigenvalue weighted by molar-refractivity contribution is 5.97. The SMILES string of the molecule is N#Cc1ccc(Nc2ncc3c(=O)c(C(=O)NCCN4CCOCC4)cn(-c4ccccc4)c3n2)cc1. The van der Waals surface area contributed by atoms with Gasteiger partial charge < -0.3 is 19.9 Å². The number of anilines is 2. The van der Waals surface area contributed by atoms with Crippen LogP contribution in [0.2, 0.25) is 0 Å². The van der Waals surface area contributed by atoms with E-state index in [2.05, 4.69) is 31.6 Å². The third-order valence-corrected chi connectivity index (χ3v) is 6.11. The molecule has 2 aromatic carbocycles. The molecular weight excluding hydrogens is 470 g/mol. The molecule has 5 rings (SSSR count). The number of hydrogen-bond donors (Lipinski definition) is 2. The number of aromatic nitrogens is 3. The highest BCUT2D eigenvalue weighted by atomic mass is 16.5. The molecule has 0 bridgehead atoms. The van der Waals surface area contributed by atoms with Gasteiger partial charge in [0.1, 0.15) is 5.56 Å². The summed E-state index contributed by atoms with van der Waals surface area (Å²) in [7, 11) is 0. The lowest BCUT2D eigenvalue weighted by Crippen LogP contribution is -2.42. The largest absolute Gasteiger partial charge is 0.379 e.